The molecule has 1 heterocycles. The Bertz CT molecular complexity index is 384. The van der Waals surface area contributed by atoms with Crippen LogP contribution >= 0.6 is 0 Å². The minimum atomic E-state index is 0.796. The van der Waals surface area contributed by atoms with Crippen molar-refractivity contribution in [3.05, 3.63) is 0 Å². The average molecular weight is 353 g/mol. The normalized spacial score (nSPS) is 22.2. The van der Waals surface area contributed by atoms with Crippen molar-refractivity contribution in [2.24, 2.45) is 16.8 Å². The predicted octanol–water partition coefficient (Wildman–Crippen LogP) is 2.82. The first-order valence-corrected chi connectivity index (χ1v) is 10.5. The first-order valence-electron chi connectivity index (χ1n) is 10.5. The van der Waals surface area contributed by atoms with Gasteiger partial charge in [-0.1, -0.05) is 6.92 Å². The van der Waals surface area contributed by atoms with Crippen LogP contribution < -0.4 is 5.32 Å². The largest absolute Gasteiger partial charge is 0.379 e. The smallest absolute Gasteiger partial charge is 0.193 e. The van der Waals surface area contributed by atoms with E-state index in [9.17, 15) is 0 Å². The maximum absolute atomic E-state index is 5.75. The summed E-state index contributed by atoms with van der Waals surface area (Å²) >= 11 is 0. The first kappa shape index (κ1) is 20.5. The van der Waals surface area contributed by atoms with Crippen LogP contribution in [0.4, 0.5) is 0 Å². The molecule has 1 aliphatic heterocycles. The molecule has 1 N–H and O–H groups in total. The number of piperidine rings is 1. The topological polar surface area (TPSA) is 40.1 Å². The van der Waals surface area contributed by atoms with Crippen LogP contribution in [0, 0.1) is 11.8 Å². The maximum Gasteiger partial charge on any atom is 0.193 e. The molecule has 146 valence electrons. The van der Waals surface area contributed by atoms with E-state index in [1.54, 1.807) is 0 Å². The molecule has 0 aromatic heterocycles. The van der Waals surface area contributed by atoms with Gasteiger partial charge in [-0.05, 0) is 70.4 Å². The van der Waals surface area contributed by atoms with Gasteiger partial charge in [-0.2, -0.15) is 0 Å². The van der Waals surface area contributed by atoms with E-state index in [0.717, 1.165) is 50.6 Å². The zero-order chi connectivity index (χ0) is 17.9. The van der Waals surface area contributed by atoms with Gasteiger partial charge >= 0.3 is 0 Å². The van der Waals surface area contributed by atoms with Crippen molar-refractivity contribution in [1.29, 1.82) is 0 Å². The number of ether oxygens (including phenoxy) is 1. The zero-order valence-corrected chi connectivity index (χ0v) is 16.8. The third kappa shape index (κ3) is 8.91. The quantitative estimate of drug-likeness (QED) is 0.353. The van der Waals surface area contributed by atoms with Crippen molar-refractivity contribution in [2.75, 3.05) is 59.5 Å². The second-order valence-corrected chi connectivity index (χ2v) is 7.93. The van der Waals surface area contributed by atoms with E-state index in [1.807, 2.05) is 0 Å². The predicted molar refractivity (Wildman–Crippen MR) is 106 cm³/mol. The molecule has 1 aliphatic carbocycles. The molecule has 0 aromatic carbocycles. The fourth-order valence-corrected chi connectivity index (χ4v) is 3.43. The highest BCUT2D eigenvalue weighted by molar-refractivity contribution is 5.79. The molecular formula is C20H40N4O. The lowest BCUT2D eigenvalue weighted by Crippen LogP contribution is -2.40. The van der Waals surface area contributed by atoms with Crippen molar-refractivity contribution in [3.8, 4) is 0 Å². The molecular weight excluding hydrogens is 312 g/mol. The third-order valence-corrected chi connectivity index (χ3v) is 5.20. The molecule has 0 spiro atoms. The molecule has 0 radical (unpaired) electrons. The fourth-order valence-electron chi connectivity index (χ4n) is 3.43. The van der Waals surface area contributed by atoms with Gasteiger partial charge in [-0.25, -0.2) is 0 Å². The number of rotatable bonds is 11. The van der Waals surface area contributed by atoms with Crippen LogP contribution in [0.5, 0.6) is 0 Å². The van der Waals surface area contributed by atoms with Crippen LogP contribution in [-0.4, -0.2) is 75.3 Å². The van der Waals surface area contributed by atoms with Crippen LogP contribution in [0.15, 0.2) is 4.99 Å². The van der Waals surface area contributed by atoms with Crippen LogP contribution in [0.3, 0.4) is 0 Å². The summed E-state index contributed by atoms with van der Waals surface area (Å²) in [6, 6.07) is 0. The summed E-state index contributed by atoms with van der Waals surface area (Å²) < 4.78 is 5.75. The van der Waals surface area contributed by atoms with Gasteiger partial charge in [-0.3, -0.25) is 4.99 Å². The number of hydrogen-bond donors (Lipinski definition) is 1. The third-order valence-electron chi connectivity index (χ3n) is 5.20. The lowest BCUT2D eigenvalue weighted by molar-refractivity contribution is 0.115. The van der Waals surface area contributed by atoms with Gasteiger partial charge in [0, 0.05) is 39.8 Å². The molecule has 1 saturated carbocycles. The summed E-state index contributed by atoms with van der Waals surface area (Å²) in [5.74, 6) is 2.74. The summed E-state index contributed by atoms with van der Waals surface area (Å²) in [6.45, 7) is 12.8. The molecule has 2 fully saturated rings. The van der Waals surface area contributed by atoms with Gasteiger partial charge in [0.25, 0.3) is 0 Å². The molecule has 1 unspecified atom stereocenters. The van der Waals surface area contributed by atoms with Gasteiger partial charge in [0.15, 0.2) is 5.96 Å². The van der Waals surface area contributed by atoms with E-state index in [0.29, 0.717) is 0 Å². The molecule has 1 atom stereocenters. The van der Waals surface area contributed by atoms with E-state index < -0.39 is 0 Å². The summed E-state index contributed by atoms with van der Waals surface area (Å²) in [7, 11) is 2.11. The highest BCUT2D eigenvalue weighted by Gasteiger charge is 2.21. The van der Waals surface area contributed by atoms with Crippen molar-refractivity contribution in [1.82, 2.24) is 15.1 Å². The summed E-state index contributed by atoms with van der Waals surface area (Å²) in [5, 5.41) is 3.40. The van der Waals surface area contributed by atoms with Crippen molar-refractivity contribution >= 4 is 5.96 Å². The standard InChI is InChI=1S/C20H40N4O/c1-4-21-20(23(3)14-15-25-17-19-9-10-19)22-11-5-6-12-24-13-7-8-18(2)16-24/h18-19H,4-17H2,1-3H3,(H,21,22). The van der Waals surface area contributed by atoms with Crippen LogP contribution in [0.25, 0.3) is 0 Å². The Labute approximate surface area is 155 Å². The van der Waals surface area contributed by atoms with E-state index >= 15 is 0 Å². The number of unbranched alkanes of at least 4 members (excludes halogenated alkanes) is 1. The molecule has 0 aromatic rings. The number of likely N-dealkylation sites (N-methyl/N-ethyl adjacent to an activating group) is 1. The Kier molecular flexibility index (Phi) is 9.63. The molecule has 5 heteroatoms. The lowest BCUT2D eigenvalue weighted by atomic mass is 10.0. The van der Waals surface area contributed by atoms with E-state index in [2.05, 4.69) is 36.0 Å². The second kappa shape index (κ2) is 11.7. The molecule has 2 aliphatic rings. The highest BCUT2D eigenvalue weighted by Crippen LogP contribution is 2.28. The van der Waals surface area contributed by atoms with Gasteiger partial charge in [0.05, 0.1) is 6.61 Å². The summed E-state index contributed by atoms with van der Waals surface area (Å²) in [5.41, 5.74) is 0. The van der Waals surface area contributed by atoms with Gasteiger partial charge in [0.1, 0.15) is 0 Å². The molecule has 1 saturated heterocycles. The maximum atomic E-state index is 5.75. The molecule has 25 heavy (non-hydrogen) atoms. The Morgan fingerprint density at radius 3 is 2.84 bits per heavy atom. The fraction of sp³-hybridized carbons (Fsp3) is 0.950. The van der Waals surface area contributed by atoms with Crippen molar-refractivity contribution in [2.45, 2.75) is 52.4 Å². The Hall–Kier alpha value is -0.810. The number of nitrogens with one attached hydrogen (secondary N) is 1. The Morgan fingerprint density at radius 1 is 1.28 bits per heavy atom. The van der Waals surface area contributed by atoms with Crippen LogP contribution in [0.2, 0.25) is 0 Å². The van der Waals surface area contributed by atoms with Gasteiger partial charge in [0.2, 0.25) is 0 Å². The number of hydrogen-bond acceptors (Lipinski definition) is 3. The minimum absolute atomic E-state index is 0.796. The van der Waals surface area contributed by atoms with Crippen LogP contribution in [0.1, 0.15) is 52.4 Å². The van der Waals surface area contributed by atoms with E-state index in [1.165, 1.54) is 58.2 Å². The molecule has 0 amide bonds. The van der Waals surface area contributed by atoms with Crippen molar-refractivity contribution in [3.63, 3.8) is 0 Å². The van der Waals surface area contributed by atoms with Gasteiger partial charge < -0.3 is 19.9 Å². The molecule has 0 bridgehead atoms. The molecule has 2 rings (SSSR count). The van der Waals surface area contributed by atoms with Gasteiger partial charge in [-0.15, -0.1) is 0 Å². The minimum Gasteiger partial charge on any atom is -0.379 e. The monoisotopic (exact) mass is 352 g/mol. The molecule has 5 nitrogen and oxygen atoms in total. The highest BCUT2D eigenvalue weighted by atomic mass is 16.5. The van der Waals surface area contributed by atoms with Crippen LogP contribution in [-0.2, 0) is 4.74 Å². The Morgan fingerprint density at radius 2 is 2.12 bits per heavy atom. The lowest BCUT2D eigenvalue weighted by Gasteiger charge is -2.30. The first-order chi connectivity index (χ1) is 12.2. The second-order valence-electron chi connectivity index (χ2n) is 7.93. The number of aliphatic imine (C=N–C) groups is 1. The zero-order valence-electron chi connectivity index (χ0n) is 16.8. The average Bonchev–Trinajstić information content (AvgIpc) is 3.42. The Balaban J connectivity index is 1.58. The number of likely N-dealkylation sites (tertiary alicyclic amines) is 1. The van der Waals surface area contributed by atoms with E-state index in [4.69, 9.17) is 9.73 Å². The van der Waals surface area contributed by atoms with Crippen molar-refractivity contribution < 1.29 is 4.74 Å². The summed E-state index contributed by atoms with van der Waals surface area (Å²) in [6.07, 6.45) is 7.92. The SMILES string of the molecule is CCNC(=NCCCCN1CCCC(C)C1)N(C)CCOCC1CC1. The number of nitrogens with zero attached hydrogens (tertiary/aromatic N) is 3. The van der Waals surface area contributed by atoms with E-state index in [-0.39, 0.29) is 0 Å². The summed E-state index contributed by atoms with van der Waals surface area (Å²) in [4.78, 5) is 9.62. The number of guanidine groups is 1.